The van der Waals surface area contributed by atoms with Crippen molar-refractivity contribution in [1.82, 2.24) is 4.72 Å². The summed E-state index contributed by atoms with van der Waals surface area (Å²) < 4.78 is 57.0. The summed E-state index contributed by atoms with van der Waals surface area (Å²) in [6, 6.07) is 4.60. The molecule has 0 aliphatic carbocycles. The highest BCUT2D eigenvalue weighted by atomic mass is 79.9. The second-order valence-electron chi connectivity index (χ2n) is 4.03. The van der Waals surface area contributed by atoms with E-state index in [-0.39, 0.29) is 21.8 Å². The smallest absolute Gasteiger partial charge is 0.273 e. The molecule has 0 fully saturated rings. The first-order chi connectivity index (χ1) is 9.83. The van der Waals surface area contributed by atoms with E-state index in [0.717, 1.165) is 12.1 Å². The molecule has 0 unspecified atom stereocenters. The minimum Gasteiger partial charge on any atom is -0.446 e. The molecule has 1 heterocycles. The fourth-order valence-corrected chi connectivity index (χ4v) is 2.80. The number of benzene rings is 1. The Kier molecular flexibility index (Phi) is 4.64. The fourth-order valence-electron chi connectivity index (χ4n) is 1.58. The Hall–Kier alpha value is -1.45. The van der Waals surface area contributed by atoms with Crippen LogP contribution in [0.2, 0.25) is 0 Å². The molecule has 0 amide bonds. The van der Waals surface area contributed by atoms with Gasteiger partial charge in [0.25, 0.3) is 10.0 Å². The minimum absolute atomic E-state index is 0.0421. The molecule has 1 aromatic heterocycles. The Bertz CT molecular complexity index is 739. The molecular weight excluding hydrogens is 370 g/mol. The number of hydrogen-bond acceptors (Lipinski definition) is 4. The van der Waals surface area contributed by atoms with Gasteiger partial charge < -0.3 is 9.73 Å². The van der Waals surface area contributed by atoms with Crippen LogP contribution in [-0.4, -0.2) is 15.5 Å². The zero-order valence-electron chi connectivity index (χ0n) is 10.8. The van der Waals surface area contributed by atoms with Crippen LogP contribution >= 0.6 is 15.9 Å². The van der Waals surface area contributed by atoms with E-state index >= 15 is 0 Å². The molecule has 0 saturated heterocycles. The molecular formula is C12H11BrF2N2O3S. The van der Waals surface area contributed by atoms with Crippen LogP contribution in [0.25, 0.3) is 0 Å². The van der Waals surface area contributed by atoms with Crippen molar-refractivity contribution in [3.05, 3.63) is 46.1 Å². The molecule has 0 spiro atoms. The van der Waals surface area contributed by atoms with Crippen LogP contribution in [-0.2, 0) is 16.6 Å². The molecule has 1 aromatic carbocycles. The fraction of sp³-hybridized carbons (Fsp3) is 0.167. The van der Waals surface area contributed by atoms with Gasteiger partial charge in [0.1, 0.15) is 17.4 Å². The molecule has 2 N–H and O–H groups in total. The van der Waals surface area contributed by atoms with Crippen molar-refractivity contribution < 1.29 is 21.6 Å². The number of anilines is 1. The van der Waals surface area contributed by atoms with Gasteiger partial charge in [0, 0.05) is 10.5 Å². The quantitative estimate of drug-likeness (QED) is 0.836. The lowest BCUT2D eigenvalue weighted by Crippen LogP contribution is -2.17. The Balaban J connectivity index is 2.15. The third-order valence-corrected chi connectivity index (χ3v) is 4.53. The van der Waals surface area contributed by atoms with Crippen LogP contribution in [0.3, 0.4) is 0 Å². The summed E-state index contributed by atoms with van der Waals surface area (Å²) in [7, 11) is -2.39. The van der Waals surface area contributed by atoms with Crippen LogP contribution in [0, 0.1) is 11.6 Å². The second-order valence-corrected chi connectivity index (χ2v) is 6.70. The average Bonchev–Trinajstić information content (AvgIpc) is 2.87. The lowest BCUT2D eigenvalue weighted by Gasteiger charge is -2.08. The third-order valence-electron chi connectivity index (χ3n) is 2.62. The van der Waals surface area contributed by atoms with Gasteiger partial charge in [-0.05, 0) is 41.2 Å². The highest BCUT2D eigenvalue weighted by molar-refractivity contribution is 9.10. The predicted octanol–water partition coefficient (Wildman–Crippen LogP) is 2.84. The van der Waals surface area contributed by atoms with E-state index in [2.05, 4.69) is 26.0 Å². The van der Waals surface area contributed by atoms with Crippen molar-refractivity contribution in [2.45, 2.75) is 11.6 Å². The Labute approximate surface area is 128 Å². The number of rotatable bonds is 5. The topological polar surface area (TPSA) is 71.3 Å². The summed E-state index contributed by atoms with van der Waals surface area (Å²) in [5.41, 5.74) is 0.0609. The minimum atomic E-state index is -3.66. The average molecular weight is 381 g/mol. The largest absolute Gasteiger partial charge is 0.446 e. The van der Waals surface area contributed by atoms with Crippen LogP contribution in [0.4, 0.5) is 14.5 Å². The molecule has 2 aromatic rings. The van der Waals surface area contributed by atoms with Crippen LogP contribution < -0.4 is 10.0 Å². The SMILES string of the molecule is CNS(=O)(=O)c1ccc(CNc2c(F)cc(F)cc2Br)o1. The molecule has 0 saturated carbocycles. The summed E-state index contributed by atoms with van der Waals surface area (Å²) in [4.78, 5) is 0. The first-order valence-electron chi connectivity index (χ1n) is 5.74. The van der Waals surface area contributed by atoms with E-state index in [1.807, 2.05) is 0 Å². The zero-order valence-corrected chi connectivity index (χ0v) is 13.2. The summed E-state index contributed by atoms with van der Waals surface area (Å²) in [6.07, 6.45) is 0. The Morgan fingerprint density at radius 1 is 1.29 bits per heavy atom. The Morgan fingerprint density at radius 2 is 2.00 bits per heavy atom. The van der Waals surface area contributed by atoms with Gasteiger partial charge >= 0.3 is 0 Å². The van der Waals surface area contributed by atoms with Gasteiger partial charge in [0.15, 0.2) is 0 Å². The monoisotopic (exact) mass is 380 g/mol. The van der Waals surface area contributed by atoms with Crippen molar-refractivity contribution in [3.8, 4) is 0 Å². The molecule has 21 heavy (non-hydrogen) atoms. The van der Waals surface area contributed by atoms with Crippen LogP contribution in [0.5, 0.6) is 0 Å². The van der Waals surface area contributed by atoms with E-state index in [1.165, 1.54) is 19.2 Å². The van der Waals surface area contributed by atoms with Gasteiger partial charge in [-0.1, -0.05) is 0 Å². The number of hydrogen-bond donors (Lipinski definition) is 2. The van der Waals surface area contributed by atoms with E-state index < -0.39 is 21.7 Å². The van der Waals surface area contributed by atoms with E-state index in [0.29, 0.717) is 5.76 Å². The highest BCUT2D eigenvalue weighted by Gasteiger charge is 2.16. The van der Waals surface area contributed by atoms with Gasteiger partial charge in [-0.2, -0.15) is 0 Å². The maximum atomic E-state index is 13.6. The summed E-state index contributed by atoms with van der Waals surface area (Å²) >= 11 is 3.04. The van der Waals surface area contributed by atoms with Crippen LogP contribution in [0.1, 0.15) is 5.76 Å². The van der Waals surface area contributed by atoms with Crippen LogP contribution in [0.15, 0.2) is 38.2 Å². The first kappa shape index (κ1) is 15.9. The lowest BCUT2D eigenvalue weighted by atomic mass is 10.3. The maximum absolute atomic E-state index is 13.6. The maximum Gasteiger partial charge on any atom is 0.273 e. The van der Waals surface area contributed by atoms with E-state index in [4.69, 9.17) is 4.42 Å². The van der Waals surface area contributed by atoms with Gasteiger partial charge in [-0.3, -0.25) is 0 Å². The third kappa shape index (κ3) is 3.60. The van der Waals surface area contributed by atoms with Gasteiger partial charge in [0.05, 0.1) is 12.2 Å². The highest BCUT2D eigenvalue weighted by Crippen LogP contribution is 2.27. The number of sulfonamides is 1. The molecule has 5 nitrogen and oxygen atoms in total. The Morgan fingerprint density at radius 3 is 2.62 bits per heavy atom. The van der Waals surface area contributed by atoms with Gasteiger partial charge in [-0.15, -0.1) is 0 Å². The molecule has 0 aliphatic rings. The first-order valence-corrected chi connectivity index (χ1v) is 8.02. The van der Waals surface area contributed by atoms with Gasteiger partial charge in [0.2, 0.25) is 5.09 Å². The number of furan rings is 1. The van der Waals surface area contributed by atoms with Crippen molar-refractivity contribution in [2.75, 3.05) is 12.4 Å². The predicted molar refractivity (Wildman–Crippen MR) is 76.3 cm³/mol. The standard InChI is InChI=1S/C12H11BrF2N2O3S/c1-16-21(18,19)11-3-2-8(20-11)6-17-12-9(13)4-7(14)5-10(12)15/h2-5,16-17H,6H2,1H3. The summed E-state index contributed by atoms with van der Waals surface area (Å²) in [5.74, 6) is -1.18. The lowest BCUT2D eigenvalue weighted by molar-refractivity contribution is 0.417. The van der Waals surface area contributed by atoms with Crippen molar-refractivity contribution >= 4 is 31.6 Å². The molecule has 0 radical (unpaired) electrons. The second kappa shape index (κ2) is 6.12. The molecule has 2 rings (SSSR count). The molecule has 9 heteroatoms. The summed E-state index contributed by atoms with van der Waals surface area (Å²) in [5, 5.41) is 2.47. The number of nitrogens with one attached hydrogen (secondary N) is 2. The van der Waals surface area contributed by atoms with E-state index in [1.54, 1.807) is 0 Å². The van der Waals surface area contributed by atoms with Crippen molar-refractivity contribution in [2.24, 2.45) is 0 Å². The van der Waals surface area contributed by atoms with E-state index in [9.17, 15) is 17.2 Å². The number of halogens is 3. The van der Waals surface area contributed by atoms with Gasteiger partial charge in [-0.25, -0.2) is 21.9 Å². The van der Waals surface area contributed by atoms with Crippen molar-refractivity contribution in [1.29, 1.82) is 0 Å². The van der Waals surface area contributed by atoms with Crippen molar-refractivity contribution in [3.63, 3.8) is 0 Å². The molecule has 0 aliphatic heterocycles. The normalized spacial score (nSPS) is 11.6. The zero-order chi connectivity index (χ0) is 15.6. The molecule has 114 valence electrons. The molecule has 0 atom stereocenters. The summed E-state index contributed by atoms with van der Waals surface area (Å²) in [6.45, 7) is 0.0421. The molecule has 0 bridgehead atoms.